The molecule has 3 N–H and O–H groups in total. The molecule has 0 atom stereocenters. The molecule has 0 unspecified atom stereocenters. The molecule has 1 fully saturated rings. The van der Waals surface area contributed by atoms with Crippen LogP contribution < -0.4 is 11.3 Å². The zero-order valence-corrected chi connectivity index (χ0v) is 14.9. The largest absolute Gasteiger partial charge is 0.369 e. The highest BCUT2D eigenvalue weighted by molar-refractivity contribution is 7.89. The molecule has 1 saturated heterocycles. The van der Waals surface area contributed by atoms with E-state index in [1.165, 1.54) is 22.5 Å². The zero-order chi connectivity index (χ0) is 18.5. The molecular weight excluding hydrogens is 359 g/mol. The zero-order valence-electron chi connectivity index (χ0n) is 14.0. The quantitative estimate of drug-likeness (QED) is 0.815. The molecule has 9 heteroatoms. The number of nitrogens with one attached hydrogen (secondary N) is 1. The highest BCUT2D eigenvalue weighted by Crippen LogP contribution is 2.45. The van der Waals surface area contributed by atoms with Crippen molar-refractivity contribution in [3.8, 4) is 0 Å². The van der Waals surface area contributed by atoms with Crippen molar-refractivity contribution in [2.75, 3.05) is 18.8 Å². The molecule has 26 heavy (non-hydrogen) atoms. The molecule has 2 heterocycles. The van der Waals surface area contributed by atoms with Crippen molar-refractivity contribution in [2.45, 2.75) is 36.0 Å². The summed E-state index contributed by atoms with van der Waals surface area (Å²) in [6.07, 6.45) is 2.42. The number of hydrogen-bond acceptors (Lipinski definition) is 5. The molecule has 2 aromatic rings. The first-order valence-corrected chi connectivity index (χ1v) is 9.91. The summed E-state index contributed by atoms with van der Waals surface area (Å²) in [5.41, 5.74) is 6.48. The van der Waals surface area contributed by atoms with Gasteiger partial charge in [-0.05, 0) is 37.8 Å². The average molecular weight is 378 g/mol. The monoisotopic (exact) mass is 378 g/mol. The predicted octanol–water partition coefficient (Wildman–Crippen LogP) is 1.16. The smallest absolute Gasteiger partial charge is 0.255 e. The van der Waals surface area contributed by atoms with Crippen molar-refractivity contribution in [1.82, 2.24) is 14.3 Å². The van der Waals surface area contributed by atoms with E-state index in [1.54, 1.807) is 0 Å². The molecule has 1 aliphatic heterocycles. The van der Waals surface area contributed by atoms with Crippen molar-refractivity contribution in [2.24, 2.45) is 0 Å². The lowest BCUT2D eigenvalue weighted by atomic mass is 9.77. The molecule has 0 radical (unpaired) electrons. The summed E-state index contributed by atoms with van der Waals surface area (Å²) in [4.78, 5) is 18.6. The van der Waals surface area contributed by atoms with Crippen LogP contribution in [0.3, 0.4) is 0 Å². The van der Waals surface area contributed by atoms with E-state index >= 15 is 0 Å². The topological polar surface area (TPSA) is 109 Å². The summed E-state index contributed by atoms with van der Waals surface area (Å²) in [5.74, 6) is -0.670. The Morgan fingerprint density at radius 1 is 1.19 bits per heavy atom. The van der Waals surface area contributed by atoms with Crippen LogP contribution in [0.4, 0.5) is 10.3 Å². The third kappa shape index (κ3) is 2.53. The Morgan fingerprint density at radius 3 is 2.58 bits per heavy atom. The van der Waals surface area contributed by atoms with Crippen LogP contribution in [0, 0.1) is 5.82 Å². The van der Waals surface area contributed by atoms with Crippen molar-refractivity contribution in [3.05, 3.63) is 51.7 Å². The standard InChI is InChI=1S/C17H19FN4O3S/c18-12-3-1-2-4-13(12)26(24,25)22-9-7-17(8-10-22)6-5-11-14(17)20-16(19)21-15(11)23/h1-4H,5-10H2,(H3,19,20,21,23). The summed E-state index contributed by atoms with van der Waals surface area (Å²) >= 11 is 0. The molecule has 0 amide bonds. The Labute approximate surface area is 150 Å². The van der Waals surface area contributed by atoms with Crippen LogP contribution in [0.15, 0.2) is 34.0 Å². The fraction of sp³-hybridized carbons (Fsp3) is 0.412. The summed E-state index contributed by atoms with van der Waals surface area (Å²) < 4.78 is 40.8. The van der Waals surface area contributed by atoms with Crippen LogP contribution in [0.5, 0.6) is 0 Å². The van der Waals surface area contributed by atoms with Crippen LogP contribution in [-0.2, 0) is 21.9 Å². The molecule has 1 aromatic heterocycles. The Bertz CT molecular complexity index is 1030. The molecule has 0 saturated carbocycles. The Hall–Kier alpha value is -2.26. The summed E-state index contributed by atoms with van der Waals surface area (Å²) in [5, 5.41) is 0. The third-order valence-corrected chi connectivity index (χ3v) is 7.46. The van der Waals surface area contributed by atoms with E-state index in [4.69, 9.17) is 5.73 Å². The molecule has 4 rings (SSSR count). The summed E-state index contributed by atoms with van der Waals surface area (Å²) in [6.45, 7) is 0.509. The number of aromatic nitrogens is 2. The Morgan fingerprint density at radius 2 is 1.88 bits per heavy atom. The Balaban J connectivity index is 1.62. The first kappa shape index (κ1) is 17.2. The number of fused-ring (bicyclic) bond motifs is 2. The molecule has 138 valence electrons. The lowest BCUT2D eigenvalue weighted by molar-refractivity contribution is 0.227. The number of piperidine rings is 1. The highest BCUT2D eigenvalue weighted by Gasteiger charge is 2.46. The van der Waals surface area contributed by atoms with Gasteiger partial charge in [0.25, 0.3) is 5.56 Å². The minimum absolute atomic E-state index is 0.0800. The fourth-order valence-corrected chi connectivity index (χ4v) is 5.61. The summed E-state index contributed by atoms with van der Waals surface area (Å²) in [7, 11) is -3.89. The van der Waals surface area contributed by atoms with Gasteiger partial charge in [0.05, 0.1) is 5.69 Å². The van der Waals surface area contributed by atoms with Gasteiger partial charge in [0, 0.05) is 24.1 Å². The number of nitrogen functional groups attached to an aromatic ring is 1. The number of benzene rings is 1. The van der Waals surface area contributed by atoms with Gasteiger partial charge in [0.1, 0.15) is 10.7 Å². The minimum atomic E-state index is -3.89. The van der Waals surface area contributed by atoms with E-state index in [1.807, 2.05) is 0 Å². The number of rotatable bonds is 2. The van der Waals surface area contributed by atoms with E-state index in [9.17, 15) is 17.6 Å². The minimum Gasteiger partial charge on any atom is -0.369 e. The Kier molecular flexibility index (Phi) is 3.89. The number of sulfonamides is 1. The van der Waals surface area contributed by atoms with Crippen molar-refractivity contribution in [1.29, 1.82) is 0 Å². The number of nitrogens with two attached hydrogens (primary N) is 1. The molecule has 0 bridgehead atoms. The lowest BCUT2D eigenvalue weighted by Crippen LogP contribution is -2.45. The van der Waals surface area contributed by atoms with Crippen LogP contribution in [-0.4, -0.2) is 35.8 Å². The molecule has 1 aromatic carbocycles. The van der Waals surface area contributed by atoms with E-state index in [2.05, 4.69) is 9.97 Å². The molecule has 7 nitrogen and oxygen atoms in total. The maximum Gasteiger partial charge on any atom is 0.255 e. The highest BCUT2D eigenvalue weighted by atomic mass is 32.2. The number of hydrogen-bond donors (Lipinski definition) is 2. The van der Waals surface area contributed by atoms with E-state index < -0.39 is 15.8 Å². The average Bonchev–Trinajstić information content (AvgIpc) is 2.94. The maximum atomic E-state index is 14.0. The second-order valence-corrected chi connectivity index (χ2v) is 8.80. The van der Waals surface area contributed by atoms with E-state index in [0.717, 1.165) is 12.5 Å². The van der Waals surface area contributed by atoms with Gasteiger partial charge in [0.15, 0.2) is 0 Å². The van der Waals surface area contributed by atoms with Gasteiger partial charge in [-0.15, -0.1) is 0 Å². The predicted molar refractivity (Wildman–Crippen MR) is 93.7 cm³/mol. The van der Waals surface area contributed by atoms with Crippen LogP contribution in [0.25, 0.3) is 0 Å². The van der Waals surface area contributed by atoms with E-state index in [0.29, 0.717) is 30.5 Å². The lowest BCUT2D eigenvalue weighted by Gasteiger charge is -2.38. The first-order chi connectivity index (χ1) is 12.3. The molecule has 2 aliphatic rings. The molecule has 1 aliphatic carbocycles. The van der Waals surface area contributed by atoms with Crippen LogP contribution in [0.1, 0.15) is 30.5 Å². The van der Waals surface area contributed by atoms with Gasteiger partial charge >= 0.3 is 0 Å². The first-order valence-electron chi connectivity index (χ1n) is 8.47. The van der Waals surface area contributed by atoms with Gasteiger partial charge in [-0.3, -0.25) is 9.78 Å². The fourth-order valence-electron chi connectivity index (χ4n) is 4.10. The van der Waals surface area contributed by atoms with Crippen LogP contribution in [0.2, 0.25) is 0 Å². The number of anilines is 1. The summed E-state index contributed by atoms with van der Waals surface area (Å²) in [6, 6.07) is 5.39. The second-order valence-electron chi connectivity index (χ2n) is 6.89. The molecular formula is C17H19FN4O3S. The number of nitrogens with zero attached hydrogens (tertiary/aromatic N) is 2. The van der Waals surface area contributed by atoms with Gasteiger partial charge in [-0.1, -0.05) is 12.1 Å². The van der Waals surface area contributed by atoms with Crippen molar-refractivity contribution >= 4 is 16.0 Å². The van der Waals surface area contributed by atoms with Crippen molar-refractivity contribution < 1.29 is 12.8 Å². The number of halogens is 1. The number of aromatic amines is 1. The van der Waals surface area contributed by atoms with Gasteiger partial charge in [0.2, 0.25) is 16.0 Å². The molecule has 1 spiro atoms. The van der Waals surface area contributed by atoms with Gasteiger partial charge in [-0.25, -0.2) is 17.8 Å². The van der Waals surface area contributed by atoms with Gasteiger partial charge < -0.3 is 5.73 Å². The van der Waals surface area contributed by atoms with Crippen molar-refractivity contribution in [3.63, 3.8) is 0 Å². The maximum absolute atomic E-state index is 14.0. The normalized spacial score (nSPS) is 19.6. The number of H-pyrrole nitrogens is 1. The van der Waals surface area contributed by atoms with Gasteiger partial charge in [-0.2, -0.15) is 4.31 Å². The van der Waals surface area contributed by atoms with E-state index in [-0.39, 0.29) is 34.9 Å². The third-order valence-electron chi connectivity index (χ3n) is 5.52. The van der Waals surface area contributed by atoms with Crippen LogP contribution >= 0.6 is 0 Å². The SMILES string of the molecule is Nc1nc2c(c(=O)[nH]1)CCC21CCN(S(=O)(=O)c2ccccc2F)CC1. The second kappa shape index (κ2) is 5.88.